The number of anilines is 1. The summed E-state index contributed by atoms with van der Waals surface area (Å²) in [6, 6.07) is 15.3. The quantitative estimate of drug-likeness (QED) is 0.200. The maximum Gasteiger partial charge on any atom is 0.278 e. The third-order valence-corrected chi connectivity index (χ3v) is 7.44. The summed E-state index contributed by atoms with van der Waals surface area (Å²) in [6.45, 7) is 17.3. The van der Waals surface area contributed by atoms with Gasteiger partial charge in [-0.3, -0.25) is 9.69 Å². The second-order valence-electron chi connectivity index (χ2n) is 12.5. The Kier molecular flexibility index (Phi) is 9.24. The van der Waals surface area contributed by atoms with Crippen LogP contribution in [0.5, 0.6) is 11.5 Å². The van der Waals surface area contributed by atoms with Gasteiger partial charge in [0.1, 0.15) is 18.1 Å². The molecule has 3 aromatic rings. The van der Waals surface area contributed by atoms with Gasteiger partial charge in [0.2, 0.25) is 0 Å². The summed E-state index contributed by atoms with van der Waals surface area (Å²) in [5.74, 6) is 0.762. The van der Waals surface area contributed by atoms with Gasteiger partial charge in [0.25, 0.3) is 5.91 Å². The van der Waals surface area contributed by atoms with Crippen LogP contribution in [0.1, 0.15) is 58.2 Å². The highest BCUT2D eigenvalue weighted by atomic mass is 16.5. The number of methoxy groups -OCH3 is 1. The Bertz CT molecular complexity index is 1410. The Morgan fingerprint density at radius 3 is 2.29 bits per heavy atom. The SMILES string of the molecule is COc1c(NC(=O)/C(=N\O)c2ccc(OCCN3CCOCC3)c3ccccc23)cc(C(C)(C)C)cc1C(C)(C)C. The van der Waals surface area contributed by atoms with E-state index in [-0.39, 0.29) is 16.5 Å². The number of carbonyl (C=O) groups excluding carboxylic acids is 1. The number of nitrogens with zero attached hydrogens (tertiary/aromatic N) is 2. The number of hydrogen-bond acceptors (Lipinski definition) is 7. The fraction of sp³-hybridized carbons (Fsp3) is 0.455. The summed E-state index contributed by atoms with van der Waals surface area (Å²) in [6.07, 6.45) is 0. The van der Waals surface area contributed by atoms with Gasteiger partial charge in [-0.05, 0) is 40.0 Å². The lowest BCUT2D eigenvalue weighted by molar-refractivity contribution is -0.110. The summed E-state index contributed by atoms with van der Waals surface area (Å²) in [5, 5.41) is 18.1. The Labute approximate surface area is 243 Å². The molecule has 1 heterocycles. The molecule has 8 heteroatoms. The molecule has 220 valence electrons. The molecule has 1 fully saturated rings. The Morgan fingerprint density at radius 2 is 1.68 bits per heavy atom. The average molecular weight is 562 g/mol. The largest absolute Gasteiger partial charge is 0.494 e. The monoisotopic (exact) mass is 561 g/mol. The number of hydrogen-bond donors (Lipinski definition) is 2. The molecule has 0 aliphatic carbocycles. The molecule has 0 bridgehead atoms. The lowest BCUT2D eigenvalue weighted by atomic mass is 9.79. The van der Waals surface area contributed by atoms with Crippen LogP contribution in [0.2, 0.25) is 0 Å². The van der Waals surface area contributed by atoms with Crippen LogP contribution in [-0.4, -0.2) is 68.3 Å². The van der Waals surface area contributed by atoms with Crippen molar-refractivity contribution in [2.75, 3.05) is 51.9 Å². The highest BCUT2D eigenvalue weighted by Crippen LogP contribution is 2.41. The standard InChI is InChI=1S/C33H43N3O5/c1-32(2,3)22-20-26(33(4,5)6)30(39-7)27(21-22)34-31(37)29(35-38)25-12-13-28(24-11-9-8-10-23(24)25)41-19-16-36-14-17-40-18-15-36/h8-13,20-21,38H,14-19H2,1-7H3,(H,34,37)/b35-29-. The van der Waals surface area contributed by atoms with E-state index < -0.39 is 5.91 Å². The topological polar surface area (TPSA) is 92.6 Å². The minimum absolute atomic E-state index is 0.0957. The molecule has 0 aromatic heterocycles. The molecular weight excluding hydrogens is 518 g/mol. The van der Waals surface area contributed by atoms with Gasteiger partial charge in [-0.15, -0.1) is 0 Å². The second kappa shape index (κ2) is 12.5. The highest BCUT2D eigenvalue weighted by molar-refractivity contribution is 6.50. The molecule has 1 amide bonds. The van der Waals surface area contributed by atoms with Crippen LogP contribution in [0.15, 0.2) is 53.7 Å². The van der Waals surface area contributed by atoms with Crippen LogP contribution in [0.3, 0.4) is 0 Å². The maximum absolute atomic E-state index is 13.7. The van der Waals surface area contributed by atoms with E-state index in [1.54, 1.807) is 13.2 Å². The molecule has 0 atom stereocenters. The van der Waals surface area contributed by atoms with Gasteiger partial charge in [0.05, 0.1) is 26.0 Å². The van der Waals surface area contributed by atoms with Crippen LogP contribution in [0.25, 0.3) is 10.8 Å². The normalized spacial score (nSPS) is 15.1. The van der Waals surface area contributed by atoms with Crippen LogP contribution in [0.4, 0.5) is 5.69 Å². The zero-order valence-corrected chi connectivity index (χ0v) is 25.3. The van der Waals surface area contributed by atoms with E-state index in [1.807, 2.05) is 36.4 Å². The number of ether oxygens (including phenoxy) is 3. The number of morpholine rings is 1. The first-order valence-electron chi connectivity index (χ1n) is 14.2. The lowest BCUT2D eigenvalue weighted by Gasteiger charge is -2.29. The first-order valence-corrected chi connectivity index (χ1v) is 14.2. The van der Waals surface area contributed by atoms with Crippen molar-refractivity contribution in [2.24, 2.45) is 5.16 Å². The number of carbonyl (C=O) groups is 1. The van der Waals surface area contributed by atoms with Gasteiger partial charge in [0.15, 0.2) is 5.71 Å². The van der Waals surface area contributed by atoms with Crippen molar-refractivity contribution < 1.29 is 24.2 Å². The molecule has 3 aromatic carbocycles. The van der Waals surface area contributed by atoms with E-state index in [0.29, 0.717) is 29.4 Å². The molecule has 1 saturated heterocycles. The van der Waals surface area contributed by atoms with E-state index in [4.69, 9.17) is 14.2 Å². The third-order valence-electron chi connectivity index (χ3n) is 7.44. The zero-order valence-electron chi connectivity index (χ0n) is 25.3. The molecular formula is C33H43N3O5. The number of benzene rings is 3. The first kappa shape index (κ1) is 30.3. The smallest absolute Gasteiger partial charge is 0.278 e. The molecule has 8 nitrogen and oxygen atoms in total. The van der Waals surface area contributed by atoms with E-state index in [9.17, 15) is 10.0 Å². The van der Waals surface area contributed by atoms with E-state index in [2.05, 4.69) is 63.0 Å². The van der Waals surface area contributed by atoms with Crippen LogP contribution in [-0.2, 0) is 20.4 Å². The van der Waals surface area contributed by atoms with Crippen molar-refractivity contribution in [3.63, 3.8) is 0 Å². The number of oxime groups is 1. The minimum atomic E-state index is -0.539. The Balaban J connectivity index is 1.65. The van der Waals surface area contributed by atoms with Gasteiger partial charge in [-0.1, -0.05) is 77.0 Å². The highest BCUT2D eigenvalue weighted by Gasteiger charge is 2.28. The van der Waals surface area contributed by atoms with Crippen molar-refractivity contribution in [1.82, 2.24) is 4.90 Å². The molecule has 0 radical (unpaired) electrons. The fourth-order valence-electron chi connectivity index (χ4n) is 5.05. The van der Waals surface area contributed by atoms with Gasteiger partial charge in [0, 0.05) is 36.1 Å². The number of nitrogens with one attached hydrogen (secondary N) is 1. The summed E-state index contributed by atoms with van der Waals surface area (Å²) in [4.78, 5) is 16.0. The van der Waals surface area contributed by atoms with Crippen molar-refractivity contribution in [1.29, 1.82) is 0 Å². The minimum Gasteiger partial charge on any atom is -0.494 e. The van der Waals surface area contributed by atoms with E-state index in [0.717, 1.165) is 54.7 Å². The lowest BCUT2D eigenvalue weighted by Crippen LogP contribution is -2.38. The van der Waals surface area contributed by atoms with Crippen molar-refractivity contribution in [2.45, 2.75) is 52.4 Å². The van der Waals surface area contributed by atoms with E-state index in [1.165, 1.54) is 0 Å². The molecule has 0 saturated carbocycles. The third kappa shape index (κ3) is 7.00. The van der Waals surface area contributed by atoms with Crippen molar-refractivity contribution >= 4 is 28.1 Å². The predicted molar refractivity (Wildman–Crippen MR) is 164 cm³/mol. The van der Waals surface area contributed by atoms with Gasteiger partial charge in [-0.2, -0.15) is 0 Å². The molecule has 1 aliphatic heterocycles. The first-order chi connectivity index (χ1) is 19.4. The molecule has 1 aliphatic rings. The number of rotatable bonds is 8. The Morgan fingerprint density at radius 1 is 1.00 bits per heavy atom. The Hall–Kier alpha value is -3.62. The van der Waals surface area contributed by atoms with Crippen molar-refractivity contribution in [3.8, 4) is 11.5 Å². The molecule has 0 unspecified atom stereocenters. The summed E-state index contributed by atoms with van der Waals surface area (Å²) >= 11 is 0. The van der Waals surface area contributed by atoms with E-state index >= 15 is 0 Å². The average Bonchev–Trinajstić information content (AvgIpc) is 2.93. The number of fused-ring (bicyclic) bond motifs is 1. The molecule has 41 heavy (non-hydrogen) atoms. The molecule has 4 rings (SSSR count). The second-order valence-corrected chi connectivity index (χ2v) is 12.5. The van der Waals surface area contributed by atoms with Gasteiger partial charge >= 0.3 is 0 Å². The van der Waals surface area contributed by atoms with Crippen LogP contribution >= 0.6 is 0 Å². The van der Waals surface area contributed by atoms with Crippen LogP contribution in [0, 0.1) is 0 Å². The molecule has 2 N–H and O–H groups in total. The molecule has 0 spiro atoms. The summed E-state index contributed by atoms with van der Waals surface area (Å²) < 4.78 is 17.4. The zero-order chi connectivity index (χ0) is 29.8. The van der Waals surface area contributed by atoms with Gasteiger partial charge < -0.3 is 24.7 Å². The maximum atomic E-state index is 13.7. The fourth-order valence-corrected chi connectivity index (χ4v) is 5.05. The van der Waals surface area contributed by atoms with Crippen LogP contribution < -0.4 is 14.8 Å². The predicted octanol–water partition coefficient (Wildman–Crippen LogP) is 5.97. The summed E-state index contributed by atoms with van der Waals surface area (Å²) in [7, 11) is 1.60. The van der Waals surface area contributed by atoms with Crippen molar-refractivity contribution in [3.05, 3.63) is 65.2 Å². The van der Waals surface area contributed by atoms with Gasteiger partial charge in [-0.25, -0.2) is 0 Å². The summed E-state index contributed by atoms with van der Waals surface area (Å²) in [5.41, 5.74) is 2.59. The number of amides is 1.